The van der Waals surface area contributed by atoms with Gasteiger partial charge in [-0.2, -0.15) is 13.2 Å². The molecular weight excluding hydrogens is 413 g/mol. The zero-order chi connectivity index (χ0) is 22.2. The number of benzene rings is 1. The second kappa shape index (κ2) is 6.43. The number of aliphatic hydroxyl groups is 1. The lowest BCUT2D eigenvalue weighted by Crippen LogP contribution is -2.44. The Balaban J connectivity index is 1.51. The number of aromatic nitrogens is 1. The molecule has 5 atom stereocenters. The maximum Gasteiger partial charge on any atom is 0.416 e. The molecule has 1 aromatic heterocycles. The molecule has 2 aliphatic heterocycles. The Kier molecular flexibility index (Phi) is 4.20. The van der Waals surface area contributed by atoms with E-state index in [1.165, 1.54) is 26.2 Å². The van der Waals surface area contributed by atoms with Gasteiger partial charge in [0.05, 0.1) is 36.4 Å². The smallest absolute Gasteiger partial charge is 0.416 e. The minimum Gasteiger partial charge on any atom is -0.481 e. The van der Waals surface area contributed by atoms with Crippen molar-refractivity contribution in [1.82, 2.24) is 4.98 Å². The van der Waals surface area contributed by atoms with E-state index < -0.39 is 46.8 Å². The number of methoxy groups -OCH3 is 1. The maximum absolute atomic E-state index is 13.5. The number of alkyl halides is 3. The van der Waals surface area contributed by atoms with Gasteiger partial charge in [0, 0.05) is 29.8 Å². The predicted molar refractivity (Wildman–Crippen MR) is 104 cm³/mol. The Morgan fingerprint density at radius 3 is 2.81 bits per heavy atom. The van der Waals surface area contributed by atoms with Crippen LogP contribution in [0.25, 0.3) is 0 Å². The quantitative estimate of drug-likeness (QED) is 0.773. The van der Waals surface area contributed by atoms with Crippen molar-refractivity contribution in [2.45, 2.75) is 49.7 Å². The molecule has 1 aliphatic carbocycles. The molecule has 1 aromatic carbocycles. The van der Waals surface area contributed by atoms with Crippen LogP contribution in [0.4, 0.5) is 18.9 Å². The maximum atomic E-state index is 13.5. The number of ether oxygens (including phenoxy) is 2. The second-order valence-electron chi connectivity index (χ2n) is 8.54. The number of nitrogens with zero attached hydrogens (tertiary/aromatic N) is 1. The Labute approximate surface area is 176 Å². The van der Waals surface area contributed by atoms with E-state index in [1.807, 2.05) is 0 Å². The first kappa shape index (κ1) is 20.3. The molecular formula is C22H21F3N2O4. The van der Waals surface area contributed by atoms with Gasteiger partial charge in [0.2, 0.25) is 11.8 Å². The number of aryl methyl sites for hydroxylation is 1. The van der Waals surface area contributed by atoms with Crippen molar-refractivity contribution < 1.29 is 32.5 Å². The molecule has 9 heteroatoms. The van der Waals surface area contributed by atoms with E-state index in [9.17, 15) is 23.1 Å². The van der Waals surface area contributed by atoms with Gasteiger partial charge in [-0.1, -0.05) is 6.07 Å². The minimum atomic E-state index is -4.51. The van der Waals surface area contributed by atoms with Crippen molar-refractivity contribution in [3.05, 3.63) is 53.2 Å². The number of anilines is 1. The average molecular weight is 434 g/mol. The molecule has 0 spiro atoms. The average Bonchev–Trinajstić information content (AvgIpc) is 3.22. The molecule has 2 bridgehead atoms. The van der Waals surface area contributed by atoms with Crippen LogP contribution in [0, 0.1) is 12.3 Å². The van der Waals surface area contributed by atoms with E-state index in [0.717, 1.165) is 11.6 Å². The molecule has 3 aliphatic rings. The van der Waals surface area contributed by atoms with E-state index in [-0.39, 0.29) is 11.3 Å². The van der Waals surface area contributed by atoms with Crippen molar-refractivity contribution in [3.63, 3.8) is 0 Å². The fourth-order valence-corrected chi connectivity index (χ4v) is 5.58. The van der Waals surface area contributed by atoms with Gasteiger partial charge >= 0.3 is 6.18 Å². The number of nitrogens with one attached hydrogen (secondary N) is 1. The summed E-state index contributed by atoms with van der Waals surface area (Å²) in [5.74, 6) is -0.0293. The van der Waals surface area contributed by atoms with Gasteiger partial charge in [-0.15, -0.1) is 0 Å². The lowest BCUT2D eigenvalue weighted by Gasteiger charge is -2.29. The fraction of sp³-hybridized carbons (Fsp3) is 0.455. The molecule has 5 rings (SSSR count). The van der Waals surface area contributed by atoms with Gasteiger partial charge in [-0.3, -0.25) is 4.79 Å². The van der Waals surface area contributed by atoms with Gasteiger partial charge in [0.25, 0.3) is 0 Å². The lowest BCUT2D eigenvalue weighted by atomic mass is 9.74. The van der Waals surface area contributed by atoms with Crippen LogP contribution in [0.1, 0.15) is 29.5 Å². The van der Waals surface area contributed by atoms with Crippen molar-refractivity contribution in [2.75, 3.05) is 12.4 Å². The Bertz CT molecular complexity index is 1070. The van der Waals surface area contributed by atoms with Gasteiger partial charge < -0.3 is 19.9 Å². The Hall–Kier alpha value is -2.65. The summed E-state index contributed by atoms with van der Waals surface area (Å²) in [6.45, 7) is 1.38. The van der Waals surface area contributed by atoms with Crippen molar-refractivity contribution >= 4 is 11.6 Å². The zero-order valence-corrected chi connectivity index (χ0v) is 16.9. The zero-order valence-electron chi connectivity index (χ0n) is 16.9. The summed E-state index contributed by atoms with van der Waals surface area (Å²) in [6, 6.07) is 7.24. The number of hydrogen-bond donors (Lipinski definition) is 2. The summed E-state index contributed by atoms with van der Waals surface area (Å²) < 4.78 is 51.1. The molecule has 3 fully saturated rings. The second-order valence-corrected chi connectivity index (χ2v) is 8.54. The summed E-state index contributed by atoms with van der Waals surface area (Å²) >= 11 is 0. The van der Waals surface area contributed by atoms with Gasteiger partial charge in [-0.25, -0.2) is 4.98 Å². The van der Waals surface area contributed by atoms with Gasteiger partial charge in [0.1, 0.15) is 0 Å². The van der Waals surface area contributed by atoms with E-state index in [4.69, 9.17) is 9.47 Å². The molecule has 0 radical (unpaired) electrons. The molecule has 164 valence electrons. The molecule has 2 aromatic rings. The van der Waals surface area contributed by atoms with Crippen molar-refractivity contribution in [3.8, 4) is 5.88 Å². The Morgan fingerprint density at radius 2 is 2.10 bits per heavy atom. The molecule has 6 nitrogen and oxygen atoms in total. The summed E-state index contributed by atoms with van der Waals surface area (Å²) in [7, 11) is 1.48. The van der Waals surface area contributed by atoms with E-state index in [1.54, 1.807) is 18.3 Å². The first-order valence-corrected chi connectivity index (χ1v) is 9.97. The standard InChI is InChI=1S/C22H21F3N2O4/c1-11-3-4-13(8-14(11)22(23,24)25)27-19(29)21-10-20(21,18-15(28)9-16(21)31-18)12-5-6-26-17(7-12)30-2/h3-8,15-16,18,28H,9-10H2,1-2H3,(H,27,29)/t15-,16+,18-,20+,21+/m0/s1. The van der Waals surface area contributed by atoms with Crippen LogP contribution in [0.5, 0.6) is 5.88 Å². The number of carbonyl (C=O) groups is 1. The Morgan fingerprint density at radius 1 is 1.32 bits per heavy atom. The molecule has 1 amide bonds. The van der Waals surface area contributed by atoms with E-state index in [0.29, 0.717) is 18.7 Å². The van der Waals surface area contributed by atoms with Crippen LogP contribution in [0.2, 0.25) is 0 Å². The summed E-state index contributed by atoms with van der Waals surface area (Å²) in [6.07, 6.45) is -4.01. The molecule has 31 heavy (non-hydrogen) atoms. The normalized spacial score (nSPS) is 33.2. The molecule has 2 N–H and O–H groups in total. The van der Waals surface area contributed by atoms with Crippen LogP contribution >= 0.6 is 0 Å². The third-order valence-corrected chi connectivity index (χ3v) is 7.05. The number of carbonyl (C=O) groups excluding carboxylic acids is 1. The first-order valence-electron chi connectivity index (χ1n) is 9.97. The van der Waals surface area contributed by atoms with Crippen molar-refractivity contribution in [2.24, 2.45) is 5.41 Å². The highest BCUT2D eigenvalue weighted by Gasteiger charge is 2.87. The van der Waals surface area contributed by atoms with Gasteiger partial charge in [0.15, 0.2) is 0 Å². The summed E-state index contributed by atoms with van der Waals surface area (Å²) in [5, 5.41) is 13.2. The molecule has 0 unspecified atom stereocenters. The first-order chi connectivity index (χ1) is 14.6. The summed E-state index contributed by atoms with van der Waals surface area (Å²) in [5.41, 5.74) is -1.60. The van der Waals surface area contributed by atoms with Gasteiger partial charge in [-0.05, 0) is 42.7 Å². The predicted octanol–water partition coefficient (Wildman–Crippen LogP) is 3.22. The minimum absolute atomic E-state index is 0.0775. The number of pyridine rings is 1. The molecule has 1 saturated carbocycles. The van der Waals surface area contributed by atoms with Crippen LogP contribution in [0.3, 0.4) is 0 Å². The highest BCUT2D eigenvalue weighted by atomic mass is 19.4. The number of aliphatic hydroxyl groups excluding tert-OH is 1. The van der Waals surface area contributed by atoms with Crippen LogP contribution in [-0.2, 0) is 21.1 Å². The third kappa shape index (κ3) is 2.66. The topological polar surface area (TPSA) is 80.7 Å². The molecule has 2 saturated heterocycles. The summed E-state index contributed by atoms with van der Waals surface area (Å²) in [4.78, 5) is 17.6. The SMILES string of the molecule is COc1cc([C@@]23C[C@]2(C(=O)Nc2ccc(C)c(C(F)(F)F)c2)[C@H]2C[C@H](O)[C@@H]3O2)ccn1. The number of hydrogen-bond acceptors (Lipinski definition) is 5. The number of halogens is 3. The highest BCUT2D eigenvalue weighted by molar-refractivity contribution is 6.01. The third-order valence-electron chi connectivity index (χ3n) is 7.05. The monoisotopic (exact) mass is 434 g/mol. The van der Waals surface area contributed by atoms with Crippen LogP contribution < -0.4 is 10.1 Å². The van der Waals surface area contributed by atoms with Crippen LogP contribution in [-0.4, -0.2) is 41.4 Å². The number of amides is 1. The fourth-order valence-electron chi connectivity index (χ4n) is 5.58. The largest absolute Gasteiger partial charge is 0.481 e. The van der Waals surface area contributed by atoms with Crippen LogP contribution in [0.15, 0.2) is 36.5 Å². The van der Waals surface area contributed by atoms with Crippen molar-refractivity contribution in [1.29, 1.82) is 0 Å². The number of fused-ring (bicyclic) bond motifs is 5. The lowest BCUT2D eigenvalue weighted by molar-refractivity contribution is -0.138. The molecule has 3 heterocycles. The van der Waals surface area contributed by atoms with E-state index in [2.05, 4.69) is 10.3 Å². The highest BCUT2D eigenvalue weighted by Crippen LogP contribution is 2.77. The van der Waals surface area contributed by atoms with E-state index >= 15 is 0 Å². The number of rotatable bonds is 4.